The van der Waals surface area contributed by atoms with E-state index in [4.69, 9.17) is 5.11 Å². The summed E-state index contributed by atoms with van der Waals surface area (Å²) in [5.74, 6) is -0.739. The summed E-state index contributed by atoms with van der Waals surface area (Å²) >= 11 is 0. The van der Waals surface area contributed by atoms with Crippen molar-refractivity contribution in [3.05, 3.63) is 48.0 Å². The molecular weight excluding hydrogens is 278 g/mol. The Hall–Kier alpha value is -2.10. The molecule has 0 bridgehead atoms. The van der Waals surface area contributed by atoms with Crippen molar-refractivity contribution in [3.63, 3.8) is 0 Å². The van der Waals surface area contributed by atoms with E-state index in [2.05, 4.69) is 6.58 Å². The first kappa shape index (κ1) is 16.3. The van der Waals surface area contributed by atoms with Crippen LogP contribution < -0.4 is 0 Å². The van der Waals surface area contributed by atoms with E-state index >= 15 is 0 Å². The van der Waals surface area contributed by atoms with Gasteiger partial charge in [0, 0.05) is 24.6 Å². The van der Waals surface area contributed by atoms with Gasteiger partial charge in [-0.15, -0.1) is 6.58 Å². The highest BCUT2D eigenvalue weighted by Gasteiger charge is 2.26. The van der Waals surface area contributed by atoms with E-state index < -0.39 is 5.97 Å². The number of aliphatic carboxylic acids is 1. The van der Waals surface area contributed by atoms with Gasteiger partial charge in [0.1, 0.15) is 0 Å². The topological polar surface area (TPSA) is 57.6 Å². The molecule has 1 saturated heterocycles. The highest BCUT2D eigenvalue weighted by molar-refractivity contribution is 5.94. The van der Waals surface area contributed by atoms with E-state index in [1.807, 2.05) is 23.1 Å². The lowest BCUT2D eigenvalue weighted by molar-refractivity contribution is -0.136. The van der Waals surface area contributed by atoms with Gasteiger partial charge in [0.05, 0.1) is 0 Å². The van der Waals surface area contributed by atoms with Crippen LogP contribution in [0.25, 0.3) is 0 Å². The number of amides is 1. The number of rotatable bonds is 6. The molecule has 1 fully saturated rings. The first-order chi connectivity index (χ1) is 10.6. The van der Waals surface area contributed by atoms with Crippen LogP contribution in [0.2, 0.25) is 0 Å². The SMILES string of the molecule is C=CCC1CCCCN1C(=O)c1ccc(CCC(=O)O)cc1. The molecule has 0 saturated carbocycles. The monoisotopic (exact) mass is 301 g/mol. The number of hydrogen-bond acceptors (Lipinski definition) is 2. The van der Waals surface area contributed by atoms with E-state index in [9.17, 15) is 9.59 Å². The van der Waals surface area contributed by atoms with Gasteiger partial charge >= 0.3 is 5.97 Å². The molecular formula is C18H23NO3. The summed E-state index contributed by atoms with van der Waals surface area (Å²) < 4.78 is 0. The van der Waals surface area contributed by atoms with Gasteiger partial charge in [-0.25, -0.2) is 0 Å². The van der Waals surface area contributed by atoms with E-state index in [0.29, 0.717) is 12.0 Å². The molecule has 1 aromatic rings. The zero-order valence-corrected chi connectivity index (χ0v) is 12.8. The zero-order chi connectivity index (χ0) is 15.9. The molecule has 1 aliphatic rings. The molecule has 1 unspecified atom stereocenters. The van der Waals surface area contributed by atoms with E-state index in [1.165, 1.54) is 0 Å². The maximum atomic E-state index is 12.7. The number of nitrogens with zero attached hydrogens (tertiary/aromatic N) is 1. The zero-order valence-electron chi connectivity index (χ0n) is 12.8. The Morgan fingerprint density at radius 2 is 2.00 bits per heavy atom. The molecule has 4 heteroatoms. The molecule has 1 N–H and O–H groups in total. The van der Waals surface area contributed by atoms with Crippen molar-refractivity contribution in [2.45, 2.75) is 44.6 Å². The Morgan fingerprint density at radius 3 is 2.64 bits per heavy atom. The Kier molecular flexibility index (Phi) is 5.75. The van der Waals surface area contributed by atoms with Crippen LogP contribution in [0.1, 0.15) is 48.0 Å². The number of likely N-dealkylation sites (tertiary alicyclic amines) is 1. The smallest absolute Gasteiger partial charge is 0.303 e. The first-order valence-corrected chi connectivity index (χ1v) is 7.84. The van der Waals surface area contributed by atoms with E-state index in [1.54, 1.807) is 12.1 Å². The van der Waals surface area contributed by atoms with Crippen molar-refractivity contribution < 1.29 is 14.7 Å². The first-order valence-electron chi connectivity index (χ1n) is 7.84. The second kappa shape index (κ2) is 7.78. The van der Waals surface area contributed by atoms with Crippen LogP contribution in [0.5, 0.6) is 0 Å². The Bertz CT molecular complexity index is 536. The molecule has 1 atom stereocenters. The predicted octanol–water partition coefficient (Wildman–Crippen LogP) is 3.27. The van der Waals surface area contributed by atoms with Crippen LogP contribution in [-0.2, 0) is 11.2 Å². The molecule has 22 heavy (non-hydrogen) atoms. The number of benzene rings is 1. The lowest BCUT2D eigenvalue weighted by atomic mass is 9.98. The Morgan fingerprint density at radius 1 is 1.27 bits per heavy atom. The maximum Gasteiger partial charge on any atom is 0.303 e. The van der Waals surface area contributed by atoms with Gasteiger partial charge < -0.3 is 10.0 Å². The molecule has 1 amide bonds. The van der Waals surface area contributed by atoms with Crippen molar-refractivity contribution in [2.75, 3.05) is 6.54 Å². The normalized spacial score (nSPS) is 18.0. The Balaban J connectivity index is 2.04. The van der Waals surface area contributed by atoms with Crippen LogP contribution >= 0.6 is 0 Å². The van der Waals surface area contributed by atoms with Crippen LogP contribution in [0, 0.1) is 0 Å². The summed E-state index contributed by atoms with van der Waals surface area (Å²) in [6, 6.07) is 7.56. The van der Waals surface area contributed by atoms with Crippen molar-refractivity contribution in [1.29, 1.82) is 0 Å². The van der Waals surface area contributed by atoms with Crippen molar-refractivity contribution >= 4 is 11.9 Å². The van der Waals surface area contributed by atoms with Gasteiger partial charge in [-0.2, -0.15) is 0 Å². The maximum absolute atomic E-state index is 12.7. The van der Waals surface area contributed by atoms with Crippen LogP contribution in [0.3, 0.4) is 0 Å². The molecule has 0 aliphatic carbocycles. The fraction of sp³-hybridized carbons (Fsp3) is 0.444. The highest BCUT2D eigenvalue weighted by Crippen LogP contribution is 2.22. The lowest BCUT2D eigenvalue weighted by Gasteiger charge is -2.35. The van der Waals surface area contributed by atoms with E-state index in [-0.39, 0.29) is 18.4 Å². The fourth-order valence-electron chi connectivity index (χ4n) is 2.94. The number of carbonyl (C=O) groups is 2. The average molecular weight is 301 g/mol. The summed E-state index contributed by atoms with van der Waals surface area (Å²) in [6.45, 7) is 4.59. The average Bonchev–Trinajstić information content (AvgIpc) is 2.53. The largest absolute Gasteiger partial charge is 0.481 e. The number of carboxylic acids is 1. The molecule has 2 rings (SSSR count). The number of aryl methyl sites for hydroxylation is 1. The quantitative estimate of drug-likeness (QED) is 0.820. The van der Waals surface area contributed by atoms with Gasteiger partial charge in [0.15, 0.2) is 0 Å². The molecule has 0 aromatic heterocycles. The highest BCUT2D eigenvalue weighted by atomic mass is 16.4. The molecule has 0 spiro atoms. The third kappa shape index (κ3) is 4.20. The van der Waals surface area contributed by atoms with Crippen molar-refractivity contribution in [3.8, 4) is 0 Å². The molecule has 118 valence electrons. The van der Waals surface area contributed by atoms with Crippen LogP contribution in [-0.4, -0.2) is 34.5 Å². The van der Waals surface area contributed by atoms with Gasteiger partial charge in [0.2, 0.25) is 0 Å². The van der Waals surface area contributed by atoms with Crippen molar-refractivity contribution in [2.24, 2.45) is 0 Å². The van der Waals surface area contributed by atoms with Gasteiger partial charge in [-0.3, -0.25) is 9.59 Å². The second-order valence-electron chi connectivity index (χ2n) is 5.76. The van der Waals surface area contributed by atoms with Gasteiger partial charge in [0.25, 0.3) is 5.91 Å². The molecule has 0 radical (unpaired) electrons. The standard InChI is InChI=1S/C18H23NO3/c1-2-5-16-6-3-4-13-19(16)18(22)15-10-7-14(8-11-15)9-12-17(20)21/h2,7-8,10-11,16H,1,3-6,9,12-13H2,(H,20,21). The minimum absolute atomic E-state index is 0.0661. The molecule has 1 heterocycles. The van der Waals surface area contributed by atoms with Crippen LogP contribution in [0.4, 0.5) is 0 Å². The lowest BCUT2D eigenvalue weighted by Crippen LogP contribution is -2.43. The van der Waals surface area contributed by atoms with Crippen LogP contribution in [0.15, 0.2) is 36.9 Å². The number of carboxylic acid groups (broad SMARTS) is 1. The van der Waals surface area contributed by atoms with Crippen molar-refractivity contribution in [1.82, 2.24) is 4.90 Å². The molecule has 4 nitrogen and oxygen atoms in total. The number of piperidine rings is 1. The Labute approximate surface area is 131 Å². The second-order valence-corrected chi connectivity index (χ2v) is 5.76. The number of carbonyl (C=O) groups excluding carboxylic acids is 1. The molecule has 1 aliphatic heterocycles. The van der Waals surface area contributed by atoms with Gasteiger partial charge in [-0.1, -0.05) is 18.2 Å². The third-order valence-electron chi connectivity index (χ3n) is 4.16. The number of hydrogen-bond donors (Lipinski definition) is 1. The minimum Gasteiger partial charge on any atom is -0.481 e. The summed E-state index contributed by atoms with van der Waals surface area (Å²) in [7, 11) is 0. The molecule has 1 aromatic carbocycles. The predicted molar refractivity (Wildman–Crippen MR) is 85.9 cm³/mol. The summed E-state index contributed by atoms with van der Waals surface area (Å²) in [4.78, 5) is 25.2. The fourth-order valence-corrected chi connectivity index (χ4v) is 2.94. The van der Waals surface area contributed by atoms with Gasteiger partial charge in [-0.05, 0) is 49.8 Å². The third-order valence-corrected chi connectivity index (χ3v) is 4.16. The minimum atomic E-state index is -0.805. The summed E-state index contributed by atoms with van der Waals surface area (Å²) in [5, 5.41) is 8.70. The van der Waals surface area contributed by atoms with E-state index in [0.717, 1.165) is 37.8 Å². The summed E-state index contributed by atoms with van der Waals surface area (Å²) in [6.07, 6.45) is 6.57. The summed E-state index contributed by atoms with van der Waals surface area (Å²) in [5.41, 5.74) is 1.62.